The van der Waals surface area contributed by atoms with Gasteiger partial charge in [0.25, 0.3) is 0 Å². The van der Waals surface area contributed by atoms with Gasteiger partial charge in [0.05, 0.1) is 9.36 Å². The summed E-state index contributed by atoms with van der Waals surface area (Å²) in [7, 11) is 0. The highest BCUT2D eigenvalue weighted by atomic mass is 35.5. The SMILES string of the molecule is CCCc1c(Cl)sc(Cl)c1Cl. The molecule has 0 aromatic carbocycles. The minimum atomic E-state index is 0.597. The molecule has 4 heteroatoms. The van der Waals surface area contributed by atoms with E-state index >= 15 is 0 Å². The molecule has 0 saturated carbocycles. The molecule has 0 saturated heterocycles. The second kappa shape index (κ2) is 3.99. The third kappa shape index (κ3) is 2.03. The van der Waals surface area contributed by atoms with Crippen molar-refractivity contribution >= 4 is 46.1 Å². The predicted octanol–water partition coefficient (Wildman–Crippen LogP) is 4.66. The van der Waals surface area contributed by atoms with Gasteiger partial charge in [-0.05, 0) is 6.42 Å². The fraction of sp³-hybridized carbons (Fsp3) is 0.429. The highest BCUT2D eigenvalue weighted by molar-refractivity contribution is 7.20. The van der Waals surface area contributed by atoms with E-state index in [4.69, 9.17) is 34.8 Å². The smallest absolute Gasteiger partial charge is 0.110 e. The summed E-state index contributed by atoms with van der Waals surface area (Å²) < 4.78 is 1.32. The van der Waals surface area contributed by atoms with Crippen LogP contribution in [0.1, 0.15) is 18.9 Å². The van der Waals surface area contributed by atoms with Crippen LogP contribution in [0.15, 0.2) is 0 Å². The fourth-order valence-corrected chi connectivity index (χ4v) is 2.84. The van der Waals surface area contributed by atoms with Crippen molar-refractivity contribution in [2.24, 2.45) is 0 Å². The van der Waals surface area contributed by atoms with Crippen LogP contribution in [0.25, 0.3) is 0 Å². The number of rotatable bonds is 2. The van der Waals surface area contributed by atoms with Crippen LogP contribution in [0, 0.1) is 0 Å². The maximum Gasteiger partial charge on any atom is 0.113 e. The Bertz CT molecular complexity index is 254. The topological polar surface area (TPSA) is 0 Å². The lowest BCUT2D eigenvalue weighted by molar-refractivity contribution is 0.927. The molecule has 11 heavy (non-hydrogen) atoms. The van der Waals surface area contributed by atoms with E-state index < -0.39 is 0 Å². The molecule has 1 aromatic heterocycles. The Morgan fingerprint density at radius 1 is 1.18 bits per heavy atom. The van der Waals surface area contributed by atoms with Gasteiger partial charge >= 0.3 is 0 Å². The Morgan fingerprint density at radius 3 is 2.18 bits per heavy atom. The van der Waals surface area contributed by atoms with E-state index in [0.29, 0.717) is 9.36 Å². The van der Waals surface area contributed by atoms with Gasteiger partial charge in [0.2, 0.25) is 0 Å². The molecule has 0 aliphatic heterocycles. The van der Waals surface area contributed by atoms with Gasteiger partial charge in [-0.25, -0.2) is 0 Å². The molecule has 0 nitrogen and oxygen atoms in total. The molecule has 0 amide bonds. The lowest BCUT2D eigenvalue weighted by atomic mass is 10.2. The van der Waals surface area contributed by atoms with Gasteiger partial charge in [0.1, 0.15) is 4.34 Å². The van der Waals surface area contributed by atoms with Crippen molar-refractivity contribution in [1.82, 2.24) is 0 Å². The Labute approximate surface area is 85.1 Å². The summed E-state index contributed by atoms with van der Waals surface area (Å²) in [5.41, 5.74) is 0.992. The summed E-state index contributed by atoms with van der Waals surface area (Å²) >= 11 is 18.9. The Morgan fingerprint density at radius 2 is 1.82 bits per heavy atom. The second-order valence-corrected chi connectivity index (χ2v) is 4.79. The van der Waals surface area contributed by atoms with E-state index in [9.17, 15) is 0 Å². The van der Waals surface area contributed by atoms with Crippen LogP contribution in [0.3, 0.4) is 0 Å². The molecule has 0 atom stereocenters. The summed E-state index contributed by atoms with van der Waals surface area (Å²) in [6, 6.07) is 0. The number of halogens is 3. The number of hydrogen-bond donors (Lipinski definition) is 0. The summed E-state index contributed by atoms with van der Waals surface area (Å²) in [6.45, 7) is 2.08. The molecule has 1 heterocycles. The van der Waals surface area contributed by atoms with Gasteiger partial charge in [-0.15, -0.1) is 11.3 Å². The molecule has 0 unspecified atom stereocenters. The molecule has 62 valence electrons. The van der Waals surface area contributed by atoms with Crippen molar-refractivity contribution in [3.05, 3.63) is 19.3 Å². The van der Waals surface area contributed by atoms with Crippen LogP contribution in [0.4, 0.5) is 0 Å². The molecule has 0 radical (unpaired) electrons. The van der Waals surface area contributed by atoms with E-state index in [0.717, 1.165) is 22.7 Å². The molecular weight excluding hydrogens is 223 g/mol. The lowest BCUT2D eigenvalue weighted by Gasteiger charge is -1.94. The molecule has 0 bridgehead atoms. The summed E-state index contributed by atoms with van der Waals surface area (Å²) in [4.78, 5) is 0. The summed E-state index contributed by atoms with van der Waals surface area (Å²) in [5.74, 6) is 0. The van der Waals surface area contributed by atoms with E-state index in [2.05, 4.69) is 6.92 Å². The van der Waals surface area contributed by atoms with Crippen LogP contribution in [0.2, 0.25) is 13.7 Å². The molecule has 0 spiro atoms. The zero-order valence-electron chi connectivity index (χ0n) is 5.96. The van der Waals surface area contributed by atoms with Crippen molar-refractivity contribution in [1.29, 1.82) is 0 Å². The molecular formula is C7H7Cl3S. The minimum Gasteiger partial charge on any atom is -0.110 e. The highest BCUT2D eigenvalue weighted by Gasteiger charge is 2.12. The number of thiophene rings is 1. The zero-order chi connectivity index (χ0) is 8.43. The monoisotopic (exact) mass is 228 g/mol. The maximum absolute atomic E-state index is 5.89. The first-order chi connectivity index (χ1) is 5.16. The normalized spacial score (nSPS) is 10.5. The maximum atomic E-state index is 5.89. The van der Waals surface area contributed by atoms with Crippen LogP contribution < -0.4 is 0 Å². The van der Waals surface area contributed by atoms with Crippen LogP contribution in [0.5, 0.6) is 0 Å². The summed E-state index contributed by atoms with van der Waals surface area (Å²) in [6.07, 6.45) is 1.94. The highest BCUT2D eigenvalue weighted by Crippen LogP contribution is 2.40. The largest absolute Gasteiger partial charge is 0.113 e. The van der Waals surface area contributed by atoms with Crippen LogP contribution in [-0.4, -0.2) is 0 Å². The molecule has 1 rings (SSSR count). The first-order valence-electron chi connectivity index (χ1n) is 3.29. The van der Waals surface area contributed by atoms with E-state index in [1.54, 1.807) is 0 Å². The molecule has 0 aliphatic carbocycles. The third-order valence-corrected chi connectivity index (χ3v) is 3.67. The van der Waals surface area contributed by atoms with Crippen molar-refractivity contribution in [3.63, 3.8) is 0 Å². The molecule has 0 N–H and O–H groups in total. The van der Waals surface area contributed by atoms with Gasteiger partial charge in [-0.3, -0.25) is 0 Å². The molecule has 1 aromatic rings. The average molecular weight is 230 g/mol. The Hall–Kier alpha value is 0.570. The fourth-order valence-electron chi connectivity index (χ4n) is 0.848. The van der Waals surface area contributed by atoms with E-state index in [-0.39, 0.29) is 0 Å². The van der Waals surface area contributed by atoms with Gasteiger partial charge < -0.3 is 0 Å². The minimum absolute atomic E-state index is 0.597. The summed E-state index contributed by atoms with van der Waals surface area (Å²) in [5, 5.41) is 0.628. The van der Waals surface area contributed by atoms with Gasteiger partial charge in [0, 0.05) is 5.56 Å². The van der Waals surface area contributed by atoms with Crippen molar-refractivity contribution < 1.29 is 0 Å². The van der Waals surface area contributed by atoms with Crippen LogP contribution >= 0.6 is 46.1 Å². The van der Waals surface area contributed by atoms with E-state index in [1.807, 2.05) is 0 Å². The molecule has 0 aliphatic rings. The lowest BCUT2D eigenvalue weighted by Crippen LogP contribution is -1.79. The quantitative estimate of drug-likeness (QED) is 0.692. The Kier molecular flexibility index (Phi) is 3.51. The van der Waals surface area contributed by atoms with Gasteiger partial charge in [0.15, 0.2) is 0 Å². The second-order valence-electron chi connectivity index (χ2n) is 2.19. The number of hydrogen-bond acceptors (Lipinski definition) is 1. The van der Waals surface area contributed by atoms with Crippen molar-refractivity contribution in [2.75, 3.05) is 0 Å². The Balaban J connectivity index is 3.02. The van der Waals surface area contributed by atoms with Gasteiger partial charge in [-0.1, -0.05) is 48.1 Å². The van der Waals surface area contributed by atoms with E-state index in [1.165, 1.54) is 11.3 Å². The van der Waals surface area contributed by atoms with Crippen molar-refractivity contribution in [2.45, 2.75) is 19.8 Å². The van der Waals surface area contributed by atoms with Crippen molar-refractivity contribution in [3.8, 4) is 0 Å². The predicted molar refractivity (Wildman–Crippen MR) is 53.3 cm³/mol. The zero-order valence-corrected chi connectivity index (χ0v) is 9.04. The van der Waals surface area contributed by atoms with Crippen LogP contribution in [-0.2, 0) is 6.42 Å². The third-order valence-electron chi connectivity index (χ3n) is 1.35. The average Bonchev–Trinajstić information content (AvgIpc) is 2.17. The first kappa shape index (κ1) is 9.66. The molecule has 0 fully saturated rings. The standard InChI is InChI=1S/C7H7Cl3S/c1-2-3-4-5(8)7(10)11-6(4)9/h2-3H2,1H3. The first-order valence-corrected chi connectivity index (χ1v) is 5.24. The van der Waals surface area contributed by atoms with Gasteiger partial charge in [-0.2, -0.15) is 0 Å².